The van der Waals surface area contributed by atoms with E-state index in [1.54, 1.807) is 14.1 Å². The Morgan fingerprint density at radius 1 is 1.83 bits per heavy atom. The molecular formula is C6H8ClN3OS. The van der Waals surface area contributed by atoms with Gasteiger partial charge < -0.3 is 5.32 Å². The van der Waals surface area contributed by atoms with Crippen LogP contribution in [0.25, 0.3) is 0 Å². The highest BCUT2D eigenvalue weighted by atomic mass is 35.5. The third-order valence-corrected chi connectivity index (χ3v) is 2.46. The Bertz CT molecular complexity index is 288. The molecule has 0 unspecified atom stereocenters. The lowest BCUT2D eigenvalue weighted by atomic mass is 10.8. The Morgan fingerprint density at radius 3 is 2.92 bits per heavy atom. The molecule has 1 heterocycles. The number of nitrogens with one attached hydrogen (secondary N) is 1. The number of thiazole rings is 1. The minimum atomic E-state index is -0.207. The van der Waals surface area contributed by atoms with Crippen LogP contribution in [0.4, 0.5) is 9.93 Å². The molecule has 12 heavy (non-hydrogen) atoms. The van der Waals surface area contributed by atoms with Gasteiger partial charge in [-0.2, -0.15) is 0 Å². The first-order valence-electron chi connectivity index (χ1n) is 3.22. The van der Waals surface area contributed by atoms with Crippen LogP contribution in [0.1, 0.15) is 0 Å². The van der Waals surface area contributed by atoms with Crippen LogP contribution >= 0.6 is 22.9 Å². The molecular weight excluding hydrogens is 198 g/mol. The molecule has 1 rings (SSSR count). The SMILES string of the molecule is CNC(=O)N(C)c1ncc(Cl)s1. The summed E-state index contributed by atoms with van der Waals surface area (Å²) < 4.78 is 0.570. The molecule has 0 saturated heterocycles. The van der Waals surface area contributed by atoms with Crippen molar-refractivity contribution in [2.75, 3.05) is 19.0 Å². The zero-order valence-electron chi connectivity index (χ0n) is 6.67. The average Bonchev–Trinajstić information content (AvgIpc) is 2.49. The van der Waals surface area contributed by atoms with Crippen molar-refractivity contribution in [1.29, 1.82) is 0 Å². The smallest absolute Gasteiger partial charge is 0.323 e. The average molecular weight is 206 g/mol. The number of nitrogens with zero attached hydrogens (tertiary/aromatic N) is 2. The highest BCUT2D eigenvalue weighted by Crippen LogP contribution is 2.24. The lowest BCUT2D eigenvalue weighted by Crippen LogP contribution is -2.34. The molecule has 0 saturated carbocycles. The Kier molecular flexibility index (Phi) is 2.88. The molecule has 0 bridgehead atoms. The van der Waals surface area contributed by atoms with E-state index < -0.39 is 0 Å². The molecule has 66 valence electrons. The van der Waals surface area contributed by atoms with Gasteiger partial charge in [-0.1, -0.05) is 22.9 Å². The normalized spacial score (nSPS) is 9.58. The summed E-state index contributed by atoms with van der Waals surface area (Å²) in [5.41, 5.74) is 0. The van der Waals surface area contributed by atoms with Gasteiger partial charge in [-0.25, -0.2) is 9.78 Å². The number of carbonyl (C=O) groups is 1. The highest BCUT2D eigenvalue weighted by molar-refractivity contribution is 7.19. The van der Waals surface area contributed by atoms with Crippen LogP contribution < -0.4 is 10.2 Å². The van der Waals surface area contributed by atoms with Crippen LogP contribution in [-0.2, 0) is 0 Å². The van der Waals surface area contributed by atoms with Crippen molar-refractivity contribution in [2.45, 2.75) is 0 Å². The molecule has 0 spiro atoms. The van der Waals surface area contributed by atoms with E-state index in [4.69, 9.17) is 11.6 Å². The van der Waals surface area contributed by atoms with Crippen LogP contribution in [0.3, 0.4) is 0 Å². The Hall–Kier alpha value is -0.810. The summed E-state index contributed by atoms with van der Waals surface area (Å²) in [5, 5.41) is 3.07. The quantitative estimate of drug-likeness (QED) is 0.757. The summed E-state index contributed by atoms with van der Waals surface area (Å²) in [7, 11) is 3.20. The van der Waals surface area contributed by atoms with E-state index in [9.17, 15) is 4.79 Å². The topological polar surface area (TPSA) is 45.2 Å². The van der Waals surface area contributed by atoms with E-state index in [-0.39, 0.29) is 6.03 Å². The van der Waals surface area contributed by atoms with Crippen LogP contribution in [0.2, 0.25) is 4.34 Å². The molecule has 0 aliphatic rings. The van der Waals surface area contributed by atoms with E-state index in [0.29, 0.717) is 9.47 Å². The molecule has 2 amide bonds. The van der Waals surface area contributed by atoms with Crippen molar-refractivity contribution < 1.29 is 4.79 Å². The number of amides is 2. The lowest BCUT2D eigenvalue weighted by molar-refractivity contribution is 0.249. The second kappa shape index (κ2) is 3.73. The summed E-state index contributed by atoms with van der Waals surface area (Å²) in [4.78, 5) is 16.4. The number of aromatic nitrogens is 1. The molecule has 0 fully saturated rings. The summed E-state index contributed by atoms with van der Waals surface area (Å²) in [5.74, 6) is 0. The van der Waals surface area contributed by atoms with Crippen molar-refractivity contribution >= 4 is 34.1 Å². The van der Waals surface area contributed by atoms with Gasteiger partial charge in [-0.3, -0.25) is 4.90 Å². The molecule has 1 aromatic heterocycles. The third-order valence-electron chi connectivity index (χ3n) is 1.27. The highest BCUT2D eigenvalue weighted by Gasteiger charge is 2.11. The maximum atomic E-state index is 11.1. The fraction of sp³-hybridized carbons (Fsp3) is 0.333. The standard InChI is InChI=1S/C6H8ClN3OS/c1-8-5(11)10(2)6-9-3-4(7)12-6/h3H,1-2H3,(H,8,11). The van der Waals surface area contributed by atoms with E-state index in [1.807, 2.05) is 0 Å². The molecule has 0 atom stereocenters. The van der Waals surface area contributed by atoms with Gasteiger partial charge in [0.15, 0.2) is 5.13 Å². The summed E-state index contributed by atoms with van der Waals surface area (Å²) in [6.45, 7) is 0. The van der Waals surface area contributed by atoms with Gasteiger partial charge in [-0.05, 0) is 0 Å². The fourth-order valence-corrected chi connectivity index (χ4v) is 1.52. The minimum absolute atomic E-state index is 0.207. The van der Waals surface area contributed by atoms with Gasteiger partial charge in [-0.15, -0.1) is 0 Å². The maximum absolute atomic E-state index is 11.1. The number of urea groups is 1. The first kappa shape index (κ1) is 9.28. The fourth-order valence-electron chi connectivity index (χ4n) is 0.656. The predicted molar refractivity (Wildman–Crippen MR) is 50.0 cm³/mol. The first-order chi connectivity index (χ1) is 5.65. The monoisotopic (exact) mass is 205 g/mol. The second-order valence-corrected chi connectivity index (χ2v) is 3.70. The zero-order valence-corrected chi connectivity index (χ0v) is 8.24. The van der Waals surface area contributed by atoms with Crippen LogP contribution in [-0.4, -0.2) is 25.1 Å². The van der Waals surface area contributed by atoms with Crippen molar-refractivity contribution in [2.24, 2.45) is 0 Å². The van der Waals surface area contributed by atoms with Gasteiger partial charge in [0, 0.05) is 14.1 Å². The molecule has 0 aromatic carbocycles. The molecule has 1 N–H and O–H groups in total. The number of hydrogen-bond acceptors (Lipinski definition) is 3. The second-order valence-electron chi connectivity index (χ2n) is 2.06. The Labute approximate surface area is 79.2 Å². The number of carbonyl (C=O) groups excluding carboxylic acids is 1. The Morgan fingerprint density at radius 2 is 2.50 bits per heavy atom. The molecule has 4 nitrogen and oxygen atoms in total. The van der Waals surface area contributed by atoms with Gasteiger partial charge in [0.05, 0.1) is 6.20 Å². The van der Waals surface area contributed by atoms with E-state index in [2.05, 4.69) is 10.3 Å². The maximum Gasteiger partial charge on any atom is 0.323 e. The lowest BCUT2D eigenvalue weighted by Gasteiger charge is -2.11. The number of hydrogen-bond donors (Lipinski definition) is 1. The summed E-state index contributed by atoms with van der Waals surface area (Å²) >= 11 is 6.91. The Balaban J connectivity index is 2.77. The van der Waals surface area contributed by atoms with Crippen molar-refractivity contribution in [3.63, 3.8) is 0 Å². The van der Waals surface area contributed by atoms with Gasteiger partial charge in [0.1, 0.15) is 4.34 Å². The molecule has 0 radical (unpaired) electrons. The molecule has 6 heteroatoms. The van der Waals surface area contributed by atoms with Crippen LogP contribution in [0, 0.1) is 0 Å². The number of anilines is 1. The molecule has 1 aromatic rings. The number of halogens is 1. The summed E-state index contributed by atoms with van der Waals surface area (Å²) in [6, 6.07) is -0.207. The van der Waals surface area contributed by atoms with Gasteiger partial charge >= 0.3 is 6.03 Å². The van der Waals surface area contributed by atoms with Crippen LogP contribution in [0.5, 0.6) is 0 Å². The predicted octanol–water partition coefficient (Wildman–Crippen LogP) is 1.57. The molecule has 0 aliphatic heterocycles. The number of rotatable bonds is 1. The minimum Gasteiger partial charge on any atom is -0.341 e. The van der Waals surface area contributed by atoms with Crippen molar-refractivity contribution in [3.05, 3.63) is 10.5 Å². The van der Waals surface area contributed by atoms with E-state index in [0.717, 1.165) is 0 Å². The zero-order chi connectivity index (χ0) is 9.14. The van der Waals surface area contributed by atoms with E-state index in [1.165, 1.54) is 22.4 Å². The first-order valence-corrected chi connectivity index (χ1v) is 4.41. The van der Waals surface area contributed by atoms with Crippen molar-refractivity contribution in [3.8, 4) is 0 Å². The van der Waals surface area contributed by atoms with Crippen LogP contribution in [0.15, 0.2) is 6.20 Å². The third kappa shape index (κ3) is 1.86. The van der Waals surface area contributed by atoms with Gasteiger partial charge in [0.2, 0.25) is 0 Å². The van der Waals surface area contributed by atoms with E-state index >= 15 is 0 Å². The van der Waals surface area contributed by atoms with Crippen molar-refractivity contribution in [1.82, 2.24) is 10.3 Å². The molecule has 0 aliphatic carbocycles. The summed E-state index contributed by atoms with van der Waals surface area (Å²) in [6.07, 6.45) is 1.51. The largest absolute Gasteiger partial charge is 0.341 e. The van der Waals surface area contributed by atoms with Gasteiger partial charge in [0.25, 0.3) is 0 Å².